The van der Waals surface area contributed by atoms with E-state index < -0.39 is 0 Å². The van der Waals surface area contributed by atoms with Crippen molar-refractivity contribution in [3.8, 4) is 11.1 Å². The average Bonchev–Trinajstić information content (AvgIpc) is 3.58. The molecule has 0 aromatic heterocycles. The van der Waals surface area contributed by atoms with Gasteiger partial charge in [0, 0.05) is 0 Å². The van der Waals surface area contributed by atoms with E-state index in [4.69, 9.17) is 0 Å². The second kappa shape index (κ2) is 15.9. The Morgan fingerprint density at radius 1 is 0.784 bits per heavy atom. The fraction of sp³-hybridized carbons (Fsp3) is 0.0833. The van der Waals surface area contributed by atoms with Gasteiger partial charge in [0.1, 0.15) is 0 Å². The van der Waals surface area contributed by atoms with E-state index >= 15 is 0 Å². The van der Waals surface area contributed by atoms with Crippen molar-refractivity contribution < 1.29 is 24.2 Å². The Bertz CT molecular complexity index is 1240. The Labute approximate surface area is 239 Å². The summed E-state index contributed by atoms with van der Waals surface area (Å²) in [5.41, 5.74) is 9.52. The van der Waals surface area contributed by atoms with E-state index in [1.807, 2.05) is 18.2 Å². The third-order valence-corrected chi connectivity index (χ3v) is 7.31. The third-order valence-electron chi connectivity index (χ3n) is 5.89. The quantitative estimate of drug-likeness (QED) is 0.153. The second-order valence-corrected chi connectivity index (χ2v) is 9.56. The van der Waals surface area contributed by atoms with Crippen LogP contribution in [0.15, 0.2) is 134 Å². The van der Waals surface area contributed by atoms with Crippen molar-refractivity contribution in [2.75, 3.05) is 0 Å². The molecule has 0 nitrogen and oxygen atoms in total. The van der Waals surface area contributed by atoms with E-state index in [0.717, 1.165) is 19.3 Å². The molecule has 0 aliphatic heterocycles. The zero-order valence-electron chi connectivity index (χ0n) is 21.9. The minimum atomic E-state index is 0. The van der Waals surface area contributed by atoms with Gasteiger partial charge in [-0.2, -0.15) is 41.5 Å². The van der Waals surface area contributed by atoms with Crippen LogP contribution in [-0.2, 0) is 30.7 Å². The Kier molecular flexibility index (Phi) is 12.9. The molecular weight excluding hydrogens is 524 g/mol. The third kappa shape index (κ3) is 8.45. The second-order valence-electron chi connectivity index (χ2n) is 8.33. The van der Waals surface area contributed by atoms with E-state index in [0.29, 0.717) is 0 Å². The van der Waals surface area contributed by atoms with Crippen LogP contribution in [0, 0.1) is 27.0 Å². The van der Waals surface area contributed by atoms with Gasteiger partial charge in [-0.25, -0.2) is 6.08 Å². The fourth-order valence-electron chi connectivity index (χ4n) is 4.12. The molecule has 0 heterocycles. The van der Waals surface area contributed by atoms with Crippen molar-refractivity contribution in [2.24, 2.45) is 0 Å². The molecule has 0 amide bonds. The maximum Gasteiger partial charge on any atom is -0.0253 e. The summed E-state index contributed by atoms with van der Waals surface area (Å²) in [5.74, 6) is 0. The zero-order valence-corrected chi connectivity index (χ0v) is 24.3. The molecule has 4 aromatic carbocycles. The molecule has 0 bridgehead atoms. The minimum Gasteiger partial charge on any atom is -0.179 e. The van der Waals surface area contributed by atoms with E-state index in [1.165, 1.54) is 66.4 Å². The predicted molar refractivity (Wildman–Crippen MR) is 158 cm³/mol. The topological polar surface area (TPSA) is 0 Å². The molecule has 2 aliphatic rings. The molecule has 0 radical (unpaired) electrons. The first kappa shape index (κ1) is 30.1. The minimum absolute atomic E-state index is 0. The zero-order chi connectivity index (χ0) is 24.3. The van der Waals surface area contributed by atoms with Crippen LogP contribution in [0.4, 0.5) is 0 Å². The maximum absolute atomic E-state index is 3.64. The summed E-state index contributed by atoms with van der Waals surface area (Å²) < 4.78 is 1.42. The van der Waals surface area contributed by atoms with Crippen molar-refractivity contribution in [1.82, 2.24) is 0 Å². The Hall–Kier alpha value is -3.15. The number of allylic oxidation sites excluding steroid dienone is 5. The smallest absolute Gasteiger partial charge is 0.0253 e. The van der Waals surface area contributed by atoms with Gasteiger partial charge in [0.2, 0.25) is 0 Å². The van der Waals surface area contributed by atoms with Crippen LogP contribution in [-0.4, -0.2) is 3.21 Å². The number of fused-ring (bicyclic) bond motifs is 3. The van der Waals surface area contributed by atoms with Gasteiger partial charge in [-0.05, 0) is 6.42 Å². The van der Waals surface area contributed by atoms with E-state index in [-0.39, 0.29) is 14.9 Å². The van der Waals surface area contributed by atoms with Crippen molar-refractivity contribution in [3.05, 3.63) is 183 Å². The SMILES string of the molecule is C=CCC1=CC[C-]=C1.[CH3-].[CH3-].[Zr]=[C](c1ccccc1)c1ccccc1.[c-]1cccc2c1Cc1ccccc1-2. The van der Waals surface area contributed by atoms with Gasteiger partial charge in [-0.3, -0.25) is 6.08 Å². The Balaban J connectivity index is 0.000000197. The largest absolute Gasteiger partial charge is 0.179 e. The van der Waals surface area contributed by atoms with Gasteiger partial charge in [0.25, 0.3) is 0 Å². The van der Waals surface area contributed by atoms with Crippen LogP contribution in [0.1, 0.15) is 35.1 Å². The van der Waals surface area contributed by atoms with Gasteiger partial charge >= 0.3 is 99.2 Å². The van der Waals surface area contributed by atoms with Crippen LogP contribution in [0.5, 0.6) is 0 Å². The molecule has 0 saturated carbocycles. The Morgan fingerprint density at radius 3 is 1.97 bits per heavy atom. The fourth-order valence-corrected chi connectivity index (χ4v) is 4.94. The monoisotopic (exact) mass is 556 g/mol. The van der Waals surface area contributed by atoms with Gasteiger partial charge in [-0.15, -0.1) is 24.6 Å². The summed E-state index contributed by atoms with van der Waals surface area (Å²) >= 11 is 1.46. The van der Waals surface area contributed by atoms with Gasteiger partial charge in [0.05, 0.1) is 0 Å². The van der Waals surface area contributed by atoms with Crippen molar-refractivity contribution in [3.63, 3.8) is 0 Å². The number of hydrogen-bond acceptors (Lipinski definition) is 0. The molecule has 0 fully saturated rings. The first-order valence-corrected chi connectivity index (χ1v) is 13.1. The summed E-state index contributed by atoms with van der Waals surface area (Å²) in [6.45, 7) is 3.64. The van der Waals surface area contributed by atoms with Gasteiger partial charge in [-0.1, -0.05) is 41.8 Å². The van der Waals surface area contributed by atoms with Crippen molar-refractivity contribution in [2.45, 2.75) is 19.3 Å². The Morgan fingerprint density at radius 2 is 1.38 bits per heavy atom. The molecule has 6 rings (SSSR count). The molecule has 0 N–H and O–H groups in total. The molecule has 2 aliphatic carbocycles. The van der Waals surface area contributed by atoms with Crippen molar-refractivity contribution >= 4 is 3.21 Å². The first-order chi connectivity index (χ1) is 17.3. The summed E-state index contributed by atoms with van der Waals surface area (Å²) in [6, 6.07) is 39.2. The van der Waals surface area contributed by atoms with E-state index in [1.54, 1.807) is 0 Å². The molecule has 37 heavy (non-hydrogen) atoms. The van der Waals surface area contributed by atoms with Gasteiger partial charge in [0.15, 0.2) is 0 Å². The van der Waals surface area contributed by atoms with Crippen LogP contribution >= 0.6 is 0 Å². The molecule has 0 spiro atoms. The first-order valence-electron chi connectivity index (χ1n) is 11.9. The molecule has 0 unspecified atom stereocenters. The molecule has 186 valence electrons. The van der Waals surface area contributed by atoms with Crippen molar-refractivity contribution in [1.29, 1.82) is 0 Å². The molecule has 1 heteroatoms. The normalized spacial score (nSPS) is 11.5. The number of hydrogen-bond donors (Lipinski definition) is 0. The molecule has 0 saturated heterocycles. The van der Waals surface area contributed by atoms with Crippen LogP contribution in [0.3, 0.4) is 0 Å². The van der Waals surface area contributed by atoms with Crippen LogP contribution in [0.25, 0.3) is 11.1 Å². The standard InChI is InChI=1S/C13H9.C13H10.C8H9.2CH3.Zr/c1-3-7-12-10(5-1)9-11-6-2-4-8-13(11)12;1-3-7-12(8-4-1)11-13-9-5-2-6-10-13;1-2-5-8-6-3-4-7-8;;;/h1-5,7-8H,9H2;1-10H;2,6-7H,1,3,5H2;2*1H3;/q-1;;3*-1;. The summed E-state index contributed by atoms with van der Waals surface area (Å²) in [5, 5.41) is 0. The summed E-state index contributed by atoms with van der Waals surface area (Å²) in [4.78, 5) is 0. The predicted octanol–water partition coefficient (Wildman–Crippen LogP) is 9.01. The summed E-state index contributed by atoms with van der Waals surface area (Å²) in [7, 11) is 0. The van der Waals surface area contributed by atoms with Gasteiger partial charge < -0.3 is 14.9 Å². The summed E-state index contributed by atoms with van der Waals surface area (Å²) in [6.07, 6.45) is 12.2. The number of benzene rings is 4. The number of rotatable bonds is 4. The maximum atomic E-state index is 3.64. The van der Waals surface area contributed by atoms with E-state index in [9.17, 15) is 0 Å². The van der Waals surface area contributed by atoms with Crippen LogP contribution < -0.4 is 0 Å². The molecular formula is C36H34Zr-4. The molecule has 0 atom stereocenters. The average molecular weight is 558 g/mol. The van der Waals surface area contributed by atoms with E-state index in [2.05, 4.69) is 122 Å². The van der Waals surface area contributed by atoms with Crippen LogP contribution in [0.2, 0.25) is 0 Å². The molecule has 4 aromatic rings.